The predicted molar refractivity (Wildman–Crippen MR) is 80.9 cm³/mol. The fraction of sp³-hybridized carbons (Fsp3) is 0.857. The van der Waals surface area contributed by atoms with Gasteiger partial charge in [0.1, 0.15) is 5.78 Å². The lowest BCUT2D eigenvalue weighted by molar-refractivity contribution is -0.124. The Morgan fingerprint density at radius 2 is 1.75 bits per heavy atom. The number of nitrogens with one attached hydrogen (secondary N) is 1. The van der Waals surface area contributed by atoms with Crippen molar-refractivity contribution in [3.63, 3.8) is 0 Å². The van der Waals surface area contributed by atoms with Crippen molar-refractivity contribution in [2.45, 2.75) is 58.0 Å². The zero-order valence-corrected chi connectivity index (χ0v) is 12.7. The first kappa shape index (κ1) is 19.0. The molecule has 0 bridgehead atoms. The molecule has 0 rings (SSSR count). The van der Waals surface area contributed by atoms with Gasteiger partial charge in [0.05, 0.1) is 12.1 Å². The lowest BCUT2D eigenvalue weighted by Gasteiger charge is -2.15. The number of ketones is 1. The van der Waals surface area contributed by atoms with Crippen LogP contribution in [0.15, 0.2) is 0 Å². The monoisotopic (exact) mass is 286 g/mol. The first-order chi connectivity index (χ1) is 9.40. The molecule has 0 unspecified atom stereocenters. The van der Waals surface area contributed by atoms with Crippen LogP contribution < -0.4 is 22.5 Å². The lowest BCUT2D eigenvalue weighted by Crippen LogP contribution is -2.44. The van der Waals surface area contributed by atoms with Crippen LogP contribution in [-0.4, -0.2) is 36.9 Å². The average Bonchev–Trinajstić information content (AvgIpc) is 2.42. The SMILES string of the molecule is CC(C)[C@H](N)C(=O)NCCCC(=O)[C@@H](N)CCCCN. The maximum Gasteiger partial charge on any atom is 0.237 e. The maximum absolute atomic E-state index is 11.7. The zero-order valence-electron chi connectivity index (χ0n) is 12.7. The Balaban J connectivity index is 3.73. The van der Waals surface area contributed by atoms with Crippen molar-refractivity contribution >= 4 is 11.7 Å². The molecule has 0 aromatic carbocycles. The van der Waals surface area contributed by atoms with Crippen LogP contribution in [-0.2, 0) is 9.59 Å². The van der Waals surface area contributed by atoms with Crippen LogP contribution in [0, 0.1) is 5.92 Å². The summed E-state index contributed by atoms with van der Waals surface area (Å²) < 4.78 is 0. The summed E-state index contributed by atoms with van der Waals surface area (Å²) in [6.07, 6.45) is 3.44. The van der Waals surface area contributed by atoms with Gasteiger partial charge in [-0.05, 0) is 31.7 Å². The summed E-state index contributed by atoms with van der Waals surface area (Å²) in [4.78, 5) is 23.3. The summed E-state index contributed by atoms with van der Waals surface area (Å²) in [6, 6.07) is -0.903. The van der Waals surface area contributed by atoms with Gasteiger partial charge in [0.25, 0.3) is 0 Å². The summed E-state index contributed by atoms with van der Waals surface area (Å²) >= 11 is 0. The minimum atomic E-state index is -0.496. The average molecular weight is 286 g/mol. The molecule has 0 heterocycles. The molecule has 0 radical (unpaired) electrons. The van der Waals surface area contributed by atoms with Crippen molar-refractivity contribution in [3.05, 3.63) is 0 Å². The summed E-state index contributed by atoms with van der Waals surface area (Å²) in [5.74, 6) is -0.0169. The molecule has 2 atom stereocenters. The molecule has 6 nitrogen and oxygen atoms in total. The summed E-state index contributed by atoms with van der Waals surface area (Å²) in [5, 5.41) is 2.74. The first-order valence-electron chi connectivity index (χ1n) is 7.41. The van der Waals surface area contributed by atoms with Crippen LogP contribution in [0.5, 0.6) is 0 Å². The van der Waals surface area contributed by atoms with Crippen molar-refractivity contribution in [2.24, 2.45) is 23.1 Å². The van der Waals surface area contributed by atoms with E-state index in [0.717, 1.165) is 12.8 Å². The molecule has 20 heavy (non-hydrogen) atoms. The Morgan fingerprint density at radius 3 is 2.30 bits per heavy atom. The van der Waals surface area contributed by atoms with Crippen molar-refractivity contribution in [1.29, 1.82) is 0 Å². The first-order valence-corrected chi connectivity index (χ1v) is 7.41. The van der Waals surface area contributed by atoms with Gasteiger partial charge in [0.15, 0.2) is 0 Å². The Morgan fingerprint density at radius 1 is 1.10 bits per heavy atom. The fourth-order valence-corrected chi connectivity index (χ4v) is 1.75. The van der Waals surface area contributed by atoms with E-state index < -0.39 is 12.1 Å². The highest BCUT2D eigenvalue weighted by atomic mass is 16.2. The molecule has 0 fully saturated rings. The second-order valence-electron chi connectivity index (χ2n) is 5.52. The lowest BCUT2D eigenvalue weighted by atomic mass is 10.0. The minimum Gasteiger partial charge on any atom is -0.355 e. The Hall–Kier alpha value is -0.980. The van der Waals surface area contributed by atoms with Gasteiger partial charge in [-0.3, -0.25) is 9.59 Å². The van der Waals surface area contributed by atoms with E-state index in [4.69, 9.17) is 17.2 Å². The largest absolute Gasteiger partial charge is 0.355 e. The molecular formula is C14H30N4O2. The van der Waals surface area contributed by atoms with Gasteiger partial charge in [0, 0.05) is 13.0 Å². The van der Waals surface area contributed by atoms with Gasteiger partial charge < -0.3 is 22.5 Å². The molecular weight excluding hydrogens is 256 g/mol. The normalized spacial score (nSPS) is 14.1. The van der Waals surface area contributed by atoms with E-state index >= 15 is 0 Å². The molecule has 0 saturated carbocycles. The van der Waals surface area contributed by atoms with Crippen LogP contribution in [0.3, 0.4) is 0 Å². The van der Waals surface area contributed by atoms with Gasteiger partial charge in [-0.25, -0.2) is 0 Å². The Labute approximate surface area is 121 Å². The van der Waals surface area contributed by atoms with E-state index in [9.17, 15) is 9.59 Å². The van der Waals surface area contributed by atoms with Crippen molar-refractivity contribution in [2.75, 3.05) is 13.1 Å². The standard InChI is InChI=1S/C14H30N4O2/c1-10(2)13(17)14(20)18-9-5-7-12(19)11(16)6-3-4-8-15/h10-11,13H,3-9,15-17H2,1-2H3,(H,18,20)/t11-,13-/m0/s1. The van der Waals surface area contributed by atoms with E-state index in [2.05, 4.69) is 5.32 Å². The molecule has 0 aliphatic heterocycles. The molecule has 6 heteroatoms. The third kappa shape index (κ3) is 8.24. The number of hydrogen-bond acceptors (Lipinski definition) is 5. The fourth-order valence-electron chi connectivity index (χ4n) is 1.75. The number of hydrogen-bond donors (Lipinski definition) is 4. The number of carbonyl (C=O) groups excluding carboxylic acids is 2. The highest BCUT2D eigenvalue weighted by molar-refractivity contribution is 5.84. The highest BCUT2D eigenvalue weighted by Crippen LogP contribution is 2.03. The number of amides is 1. The predicted octanol–water partition coefficient (Wildman–Crippen LogP) is -0.108. The maximum atomic E-state index is 11.7. The molecule has 1 amide bonds. The van der Waals surface area contributed by atoms with Crippen molar-refractivity contribution in [3.8, 4) is 0 Å². The summed E-state index contributed by atoms with van der Waals surface area (Å²) in [6.45, 7) is 4.88. The third-order valence-electron chi connectivity index (χ3n) is 3.30. The van der Waals surface area contributed by atoms with Gasteiger partial charge in [0.2, 0.25) is 5.91 Å². The second kappa shape index (κ2) is 10.8. The van der Waals surface area contributed by atoms with Gasteiger partial charge >= 0.3 is 0 Å². The zero-order chi connectivity index (χ0) is 15.5. The number of unbranched alkanes of at least 4 members (excludes halogenated alkanes) is 1. The molecule has 0 spiro atoms. The van der Waals surface area contributed by atoms with E-state index in [-0.39, 0.29) is 17.6 Å². The van der Waals surface area contributed by atoms with E-state index in [1.54, 1.807) is 0 Å². The number of carbonyl (C=O) groups is 2. The molecule has 0 aromatic rings. The Bertz CT molecular complexity index is 295. The van der Waals surface area contributed by atoms with Crippen LogP contribution >= 0.6 is 0 Å². The topological polar surface area (TPSA) is 124 Å². The number of nitrogens with two attached hydrogens (primary N) is 3. The molecule has 0 saturated heterocycles. The number of rotatable bonds is 11. The van der Waals surface area contributed by atoms with E-state index in [1.807, 2.05) is 13.8 Å². The minimum absolute atomic E-state index is 0.0458. The van der Waals surface area contributed by atoms with Crippen LogP contribution in [0.25, 0.3) is 0 Å². The quantitative estimate of drug-likeness (QED) is 0.394. The van der Waals surface area contributed by atoms with Crippen molar-refractivity contribution < 1.29 is 9.59 Å². The van der Waals surface area contributed by atoms with Gasteiger partial charge in [-0.2, -0.15) is 0 Å². The van der Waals surface area contributed by atoms with Crippen LogP contribution in [0.4, 0.5) is 0 Å². The third-order valence-corrected chi connectivity index (χ3v) is 3.30. The summed E-state index contributed by atoms with van der Waals surface area (Å²) in [7, 11) is 0. The molecule has 7 N–H and O–H groups in total. The van der Waals surface area contributed by atoms with Crippen LogP contribution in [0.1, 0.15) is 46.0 Å². The molecule has 0 aliphatic carbocycles. The highest BCUT2D eigenvalue weighted by Gasteiger charge is 2.17. The number of Topliss-reactive ketones (excluding diaryl/α,β-unsaturated/α-hetero) is 1. The van der Waals surface area contributed by atoms with E-state index in [1.165, 1.54) is 0 Å². The van der Waals surface area contributed by atoms with Crippen molar-refractivity contribution in [1.82, 2.24) is 5.32 Å². The smallest absolute Gasteiger partial charge is 0.237 e. The van der Waals surface area contributed by atoms with Gasteiger partial charge in [-0.1, -0.05) is 20.3 Å². The second-order valence-corrected chi connectivity index (χ2v) is 5.52. The molecule has 0 aliphatic rings. The molecule has 0 aromatic heterocycles. The van der Waals surface area contributed by atoms with Crippen LogP contribution in [0.2, 0.25) is 0 Å². The summed E-state index contributed by atoms with van der Waals surface area (Å²) in [5.41, 5.74) is 16.9. The Kier molecular flexibility index (Phi) is 10.2. The van der Waals surface area contributed by atoms with Gasteiger partial charge in [-0.15, -0.1) is 0 Å². The van der Waals surface area contributed by atoms with E-state index in [0.29, 0.717) is 32.4 Å². The molecule has 118 valence electrons.